The summed E-state index contributed by atoms with van der Waals surface area (Å²) in [6.45, 7) is 5.68. The number of thiophene rings is 1. The molecule has 2 aromatic carbocycles. The van der Waals surface area contributed by atoms with Crippen molar-refractivity contribution in [2.45, 2.75) is 70.0 Å². The third-order valence-corrected chi connectivity index (χ3v) is 9.73. The van der Waals surface area contributed by atoms with Crippen molar-refractivity contribution in [2.75, 3.05) is 40.8 Å². The first-order chi connectivity index (χ1) is 21.4. The first-order valence-corrected chi connectivity index (χ1v) is 16.7. The maximum absolute atomic E-state index is 13.1. The van der Waals surface area contributed by atoms with Crippen molar-refractivity contribution in [3.8, 4) is 0 Å². The van der Waals surface area contributed by atoms with E-state index in [1.807, 2.05) is 24.4 Å². The van der Waals surface area contributed by atoms with Gasteiger partial charge in [-0.05, 0) is 81.8 Å². The summed E-state index contributed by atoms with van der Waals surface area (Å²) in [6.07, 6.45) is 6.68. The van der Waals surface area contributed by atoms with Crippen LogP contribution in [0, 0.1) is 6.92 Å². The standard InChI is InChI=1S/C25H39N5O3S.C11H10/c1-25(26)15-18(16-25)13-22(31)29(3)17-23(32)30(4)21(14-20-8-6-12-34-20)24(33)27-10-9-19-7-5-11-28(19)2;1-9-6-7-10-4-2-3-5-11(10)8-9/h6,8,12-13,19,21H,5,7,9-11,14-17,26H2,1-4H3,(H,27,33);2-8H,1H3. The van der Waals surface area contributed by atoms with Crippen LogP contribution in [-0.4, -0.2) is 90.8 Å². The average Bonchev–Trinajstić information content (AvgIpc) is 3.66. The lowest BCUT2D eigenvalue weighted by molar-refractivity contribution is -0.141. The van der Waals surface area contributed by atoms with Gasteiger partial charge in [-0.25, -0.2) is 0 Å². The average molecular weight is 632 g/mol. The molecule has 8 nitrogen and oxygen atoms in total. The van der Waals surface area contributed by atoms with Gasteiger partial charge in [0.1, 0.15) is 6.04 Å². The zero-order chi connectivity index (χ0) is 32.6. The molecule has 3 amide bonds. The minimum Gasteiger partial charge on any atom is -0.354 e. The molecule has 2 fully saturated rings. The third-order valence-electron chi connectivity index (χ3n) is 8.83. The van der Waals surface area contributed by atoms with Gasteiger partial charge in [-0.3, -0.25) is 14.4 Å². The molecule has 2 atom stereocenters. The lowest BCUT2D eigenvalue weighted by Crippen LogP contribution is -2.52. The van der Waals surface area contributed by atoms with Crippen LogP contribution in [0.1, 0.15) is 49.5 Å². The normalized spacial score (nSPS) is 20.0. The van der Waals surface area contributed by atoms with Gasteiger partial charge in [0.25, 0.3) is 0 Å². The van der Waals surface area contributed by atoms with Crippen molar-refractivity contribution in [3.05, 3.63) is 82.1 Å². The molecule has 1 saturated heterocycles. The number of carbonyl (C=O) groups is 3. The first-order valence-electron chi connectivity index (χ1n) is 15.9. The van der Waals surface area contributed by atoms with Gasteiger partial charge in [-0.15, -0.1) is 11.3 Å². The summed E-state index contributed by atoms with van der Waals surface area (Å²) in [7, 11) is 5.38. The van der Waals surface area contributed by atoms with Gasteiger partial charge in [0, 0.05) is 49.6 Å². The smallest absolute Gasteiger partial charge is 0.246 e. The van der Waals surface area contributed by atoms with Crippen molar-refractivity contribution in [3.63, 3.8) is 0 Å². The Morgan fingerprint density at radius 1 is 1.11 bits per heavy atom. The van der Waals surface area contributed by atoms with Crippen LogP contribution in [-0.2, 0) is 20.8 Å². The summed E-state index contributed by atoms with van der Waals surface area (Å²) >= 11 is 1.57. The zero-order valence-electron chi connectivity index (χ0n) is 27.4. The molecule has 3 aromatic rings. The monoisotopic (exact) mass is 631 g/mol. The summed E-state index contributed by atoms with van der Waals surface area (Å²) < 4.78 is 0. The minimum atomic E-state index is -0.626. The molecule has 0 radical (unpaired) electrons. The van der Waals surface area contributed by atoms with Gasteiger partial charge >= 0.3 is 0 Å². The van der Waals surface area contributed by atoms with E-state index in [0.29, 0.717) is 31.8 Å². The number of aryl methyl sites for hydroxylation is 1. The third kappa shape index (κ3) is 9.98. The van der Waals surface area contributed by atoms with Crippen molar-refractivity contribution >= 4 is 39.8 Å². The summed E-state index contributed by atoms with van der Waals surface area (Å²) in [5.74, 6) is -0.636. The highest BCUT2D eigenvalue weighted by Crippen LogP contribution is 2.34. The van der Waals surface area contributed by atoms with Gasteiger partial charge in [0.05, 0.1) is 6.54 Å². The SMILES string of the molecule is CN(CC(=O)N(C)C(Cc1cccs1)C(=O)NCCC1CCCN1C)C(=O)C=C1CC(C)(N)C1.Cc1ccc2ccccc2c1. The number of nitrogens with one attached hydrogen (secondary N) is 1. The summed E-state index contributed by atoms with van der Waals surface area (Å²) in [4.78, 5) is 44.9. The molecule has 1 aliphatic carbocycles. The second kappa shape index (κ2) is 15.7. The van der Waals surface area contributed by atoms with E-state index < -0.39 is 6.04 Å². The van der Waals surface area contributed by atoms with Crippen molar-refractivity contribution in [1.29, 1.82) is 0 Å². The van der Waals surface area contributed by atoms with E-state index in [2.05, 4.69) is 66.7 Å². The fourth-order valence-electron chi connectivity index (χ4n) is 6.10. The van der Waals surface area contributed by atoms with Crippen molar-refractivity contribution < 1.29 is 14.4 Å². The molecule has 242 valence electrons. The van der Waals surface area contributed by atoms with Gasteiger partial charge in [0.2, 0.25) is 17.7 Å². The lowest BCUT2D eigenvalue weighted by atomic mass is 9.75. The molecule has 5 rings (SSSR count). The number of benzene rings is 2. The number of hydrogen-bond donors (Lipinski definition) is 2. The molecule has 2 aliphatic rings. The minimum absolute atomic E-state index is 0.0832. The predicted molar refractivity (Wildman–Crippen MR) is 184 cm³/mol. The van der Waals surface area contributed by atoms with Gasteiger partial charge < -0.3 is 25.8 Å². The Hall–Kier alpha value is -3.53. The Kier molecular flexibility index (Phi) is 11.9. The van der Waals surface area contributed by atoms with Crippen molar-refractivity contribution in [1.82, 2.24) is 20.0 Å². The Labute approximate surface area is 272 Å². The number of likely N-dealkylation sites (N-methyl/N-ethyl adjacent to an activating group) is 2. The number of fused-ring (bicyclic) bond motifs is 1. The summed E-state index contributed by atoms with van der Waals surface area (Å²) in [5.41, 5.74) is 8.10. The Morgan fingerprint density at radius 2 is 1.84 bits per heavy atom. The van der Waals surface area contributed by atoms with E-state index in [4.69, 9.17) is 5.73 Å². The van der Waals surface area contributed by atoms with Gasteiger partial charge in [-0.1, -0.05) is 59.7 Å². The molecule has 0 bridgehead atoms. The number of nitrogens with zero attached hydrogens (tertiary/aromatic N) is 3. The summed E-state index contributed by atoms with van der Waals surface area (Å²) in [5, 5.41) is 7.66. The molecule has 0 spiro atoms. The second-order valence-corrected chi connectivity index (χ2v) is 14.0. The Balaban J connectivity index is 0.000000348. The summed E-state index contributed by atoms with van der Waals surface area (Å²) in [6, 6.07) is 18.7. The highest BCUT2D eigenvalue weighted by molar-refractivity contribution is 7.09. The Morgan fingerprint density at radius 3 is 2.49 bits per heavy atom. The van der Waals surface area contributed by atoms with E-state index in [-0.39, 0.29) is 29.8 Å². The van der Waals surface area contributed by atoms with Gasteiger partial charge in [-0.2, -0.15) is 0 Å². The molecule has 1 saturated carbocycles. The molecule has 2 heterocycles. The maximum atomic E-state index is 13.1. The lowest BCUT2D eigenvalue weighted by Gasteiger charge is -2.37. The number of amides is 3. The molecule has 9 heteroatoms. The number of nitrogens with two attached hydrogens (primary N) is 1. The van der Waals surface area contributed by atoms with Gasteiger partial charge in [0.15, 0.2) is 0 Å². The molecule has 1 aliphatic heterocycles. The predicted octanol–water partition coefficient (Wildman–Crippen LogP) is 4.76. The first kappa shape index (κ1) is 34.3. The maximum Gasteiger partial charge on any atom is 0.246 e. The molecule has 2 unspecified atom stereocenters. The van der Waals surface area contributed by atoms with Crippen LogP contribution in [0.15, 0.2) is 71.6 Å². The van der Waals surface area contributed by atoms with Crippen LogP contribution in [0.3, 0.4) is 0 Å². The van der Waals surface area contributed by atoms with E-state index in [1.165, 1.54) is 32.6 Å². The number of rotatable bonds is 10. The van der Waals surface area contributed by atoms with Crippen molar-refractivity contribution in [2.24, 2.45) is 5.73 Å². The molecular formula is C36H49N5O3S. The fraction of sp³-hybridized carbons (Fsp3) is 0.472. The largest absolute Gasteiger partial charge is 0.354 e. The fourth-order valence-corrected chi connectivity index (χ4v) is 6.84. The molecule has 3 N–H and O–H groups in total. The van der Waals surface area contributed by atoms with Crippen LogP contribution >= 0.6 is 11.3 Å². The van der Waals surface area contributed by atoms with E-state index in [9.17, 15) is 14.4 Å². The van der Waals surface area contributed by atoms with Crippen LogP contribution in [0.5, 0.6) is 0 Å². The molecular weight excluding hydrogens is 582 g/mol. The second-order valence-electron chi connectivity index (χ2n) is 13.0. The number of hydrogen-bond acceptors (Lipinski definition) is 6. The zero-order valence-corrected chi connectivity index (χ0v) is 28.2. The van der Waals surface area contributed by atoms with E-state index in [1.54, 1.807) is 31.5 Å². The molecule has 45 heavy (non-hydrogen) atoms. The van der Waals surface area contributed by atoms with E-state index in [0.717, 1.165) is 29.8 Å². The number of carbonyl (C=O) groups excluding carboxylic acids is 3. The highest BCUT2D eigenvalue weighted by atomic mass is 32.1. The van der Waals surface area contributed by atoms with Crippen LogP contribution in [0.25, 0.3) is 10.8 Å². The Bertz CT molecular complexity index is 1470. The molecule has 1 aromatic heterocycles. The van der Waals surface area contributed by atoms with Crippen LogP contribution < -0.4 is 11.1 Å². The quantitative estimate of drug-likeness (QED) is 0.315. The van der Waals surface area contributed by atoms with E-state index >= 15 is 0 Å². The topological polar surface area (TPSA) is 99.0 Å². The van der Waals surface area contributed by atoms with Crippen LogP contribution in [0.4, 0.5) is 0 Å². The number of likely N-dealkylation sites (tertiary alicyclic amines) is 1. The van der Waals surface area contributed by atoms with Crippen LogP contribution in [0.2, 0.25) is 0 Å². The highest BCUT2D eigenvalue weighted by Gasteiger charge is 2.33.